The Labute approximate surface area is 124 Å². The number of nitrogens with one attached hydrogen (secondary N) is 3. The van der Waals surface area contributed by atoms with Gasteiger partial charge in [-0.15, -0.1) is 0 Å². The van der Waals surface area contributed by atoms with E-state index in [0.29, 0.717) is 10.9 Å². The summed E-state index contributed by atoms with van der Waals surface area (Å²) < 4.78 is 1.36. The number of fused-ring (bicyclic) bond motifs is 1. The maximum absolute atomic E-state index is 12.5. The van der Waals surface area contributed by atoms with Crippen molar-refractivity contribution in [3.8, 4) is 5.75 Å². The minimum atomic E-state index is -0.756. The van der Waals surface area contributed by atoms with Gasteiger partial charge in [-0.05, 0) is 12.1 Å². The number of para-hydroxylation sites is 1. The fraction of sp³-hybridized carbons (Fsp3) is 0.0714. The molecule has 0 unspecified atom stereocenters. The van der Waals surface area contributed by atoms with E-state index in [1.807, 2.05) is 5.32 Å². The molecular formula is C14H12N4O4. The van der Waals surface area contributed by atoms with Gasteiger partial charge >= 0.3 is 6.03 Å². The Kier molecular flexibility index (Phi) is 3.06. The number of rotatable bonds is 1. The van der Waals surface area contributed by atoms with E-state index in [1.165, 1.54) is 4.57 Å². The molecule has 1 aromatic heterocycles. The van der Waals surface area contributed by atoms with Crippen LogP contribution in [0.1, 0.15) is 5.56 Å². The van der Waals surface area contributed by atoms with E-state index in [2.05, 4.69) is 10.9 Å². The fourth-order valence-corrected chi connectivity index (χ4v) is 2.33. The first-order chi connectivity index (χ1) is 10.5. The number of hydrogen-bond donors (Lipinski definition) is 4. The summed E-state index contributed by atoms with van der Waals surface area (Å²) in [5, 5.41) is 12.9. The molecule has 8 nitrogen and oxygen atoms in total. The monoisotopic (exact) mass is 300 g/mol. The van der Waals surface area contributed by atoms with Crippen molar-refractivity contribution in [2.45, 2.75) is 0 Å². The summed E-state index contributed by atoms with van der Waals surface area (Å²) in [6, 6.07) is 6.07. The van der Waals surface area contributed by atoms with Gasteiger partial charge in [-0.2, -0.15) is 0 Å². The van der Waals surface area contributed by atoms with Crippen LogP contribution in [0.5, 0.6) is 5.75 Å². The Morgan fingerprint density at radius 2 is 1.82 bits per heavy atom. The first-order valence-corrected chi connectivity index (χ1v) is 6.39. The molecule has 0 bridgehead atoms. The number of imide groups is 1. The zero-order valence-corrected chi connectivity index (χ0v) is 11.5. The number of aryl methyl sites for hydroxylation is 1. The van der Waals surface area contributed by atoms with E-state index in [4.69, 9.17) is 0 Å². The largest absolute Gasteiger partial charge is 0.506 e. The molecule has 0 aliphatic carbocycles. The molecule has 22 heavy (non-hydrogen) atoms. The number of carbonyl (C=O) groups is 2. The third kappa shape index (κ3) is 2.06. The van der Waals surface area contributed by atoms with Crippen LogP contribution in [0.25, 0.3) is 16.6 Å². The number of nitrogens with zero attached hydrogens (tertiary/aromatic N) is 1. The molecule has 0 saturated carbocycles. The van der Waals surface area contributed by atoms with Crippen molar-refractivity contribution < 1.29 is 14.7 Å². The van der Waals surface area contributed by atoms with Crippen LogP contribution in [0.15, 0.2) is 35.1 Å². The Hall–Kier alpha value is -3.29. The molecule has 0 radical (unpaired) electrons. The number of hydrogen-bond acceptors (Lipinski definition) is 5. The quantitative estimate of drug-likeness (QED) is 0.589. The Morgan fingerprint density at radius 3 is 2.59 bits per heavy atom. The van der Waals surface area contributed by atoms with Crippen molar-refractivity contribution in [2.75, 3.05) is 0 Å². The number of aromatic hydroxyl groups is 1. The van der Waals surface area contributed by atoms with Crippen LogP contribution in [0.4, 0.5) is 4.79 Å². The highest BCUT2D eigenvalue weighted by Gasteiger charge is 2.21. The van der Waals surface area contributed by atoms with E-state index < -0.39 is 17.5 Å². The topological polar surface area (TPSA) is 112 Å². The molecule has 2 aromatic rings. The average Bonchev–Trinajstić information content (AvgIpc) is 2.66. The highest BCUT2D eigenvalue weighted by atomic mass is 16.3. The normalized spacial score (nSPS) is 14.7. The standard InChI is InChI=1S/C14H12N4O4/c1-18-9-5-3-2-4-7(9)12(20)11(13(18)21)8-6-10(19)15-14(22)17-16-8/h2-6,16,20H,1H3,(H2,15,17,19,22). The second kappa shape index (κ2) is 4.92. The Bertz CT molecular complexity index is 898. The zero-order chi connectivity index (χ0) is 15.9. The van der Waals surface area contributed by atoms with Crippen molar-refractivity contribution >= 4 is 28.5 Å². The number of carbonyl (C=O) groups excluding carboxylic acids is 2. The van der Waals surface area contributed by atoms with E-state index in [-0.39, 0.29) is 17.0 Å². The molecule has 0 atom stereocenters. The Morgan fingerprint density at radius 1 is 1.09 bits per heavy atom. The summed E-state index contributed by atoms with van der Waals surface area (Å²) in [5.41, 5.74) is 4.61. The predicted molar refractivity (Wildman–Crippen MR) is 78.6 cm³/mol. The highest BCUT2D eigenvalue weighted by Crippen LogP contribution is 2.29. The van der Waals surface area contributed by atoms with Gasteiger partial charge in [0.1, 0.15) is 11.3 Å². The molecule has 4 N–H and O–H groups in total. The summed E-state index contributed by atoms with van der Waals surface area (Å²) in [5.74, 6) is -0.964. The molecule has 1 aromatic carbocycles. The number of hydrazine groups is 1. The molecule has 2 heterocycles. The fourth-order valence-electron chi connectivity index (χ4n) is 2.33. The van der Waals surface area contributed by atoms with Crippen molar-refractivity contribution in [2.24, 2.45) is 7.05 Å². The van der Waals surface area contributed by atoms with Gasteiger partial charge < -0.3 is 9.67 Å². The van der Waals surface area contributed by atoms with Crippen LogP contribution < -0.4 is 21.7 Å². The third-order valence-electron chi connectivity index (χ3n) is 3.37. The number of pyridine rings is 1. The molecular weight excluding hydrogens is 288 g/mol. The van der Waals surface area contributed by atoms with Crippen LogP contribution in [-0.2, 0) is 11.8 Å². The number of amides is 3. The van der Waals surface area contributed by atoms with Gasteiger partial charge in [0.25, 0.3) is 11.5 Å². The van der Waals surface area contributed by atoms with Gasteiger partial charge in [0.2, 0.25) is 0 Å². The summed E-state index contributed by atoms with van der Waals surface area (Å²) in [6.45, 7) is 0. The summed E-state index contributed by atoms with van der Waals surface area (Å²) in [7, 11) is 1.56. The second-order valence-electron chi connectivity index (χ2n) is 4.73. The molecule has 0 spiro atoms. The van der Waals surface area contributed by atoms with Crippen LogP contribution in [0.2, 0.25) is 0 Å². The minimum absolute atomic E-state index is 0.00667. The van der Waals surface area contributed by atoms with Crippen LogP contribution >= 0.6 is 0 Å². The molecule has 112 valence electrons. The molecule has 0 saturated heterocycles. The van der Waals surface area contributed by atoms with E-state index in [9.17, 15) is 19.5 Å². The summed E-state index contributed by atoms with van der Waals surface area (Å²) in [4.78, 5) is 35.3. The molecule has 1 aliphatic rings. The summed E-state index contributed by atoms with van der Waals surface area (Å²) in [6.07, 6.45) is 1.03. The van der Waals surface area contributed by atoms with Gasteiger partial charge in [-0.3, -0.25) is 25.8 Å². The minimum Gasteiger partial charge on any atom is -0.506 e. The van der Waals surface area contributed by atoms with Crippen LogP contribution in [0.3, 0.4) is 0 Å². The highest BCUT2D eigenvalue weighted by molar-refractivity contribution is 6.06. The lowest BCUT2D eigenvalue weighted by atomic mass is 10.1. The molecule has 1 aliphatic heterocycles. The van der Waals surface area contributed by atoms with Crippen molar-refractivity contribution in [3.05, 3.63) is 46.3 Å². The lowest BCUT2D eigenvalue weighted by Crippen LogP contribution is -2.42. The van der Waals surface area contributed by atoms with Gasteiger partial charge in [-0.25, -0.2) is 4.79 Å². The SMILES string of the molecule is Cn1c(=O)c(C2=CC(=O)NC(=O)NN2)c(O)c2ccccc21. The van der Waals surface area contributed by atoms with Gasteiger partial charge in [0.05, 0.1) is 11.2 Å². The predicted octanol–water partition coefficient (Wildman–Crippen LogP) is -0.0710. The first kappa shape index (κ1) is 13.7. The summed E-state index contributed by atoms with van der Waals surface area (Å²) >= 11 is 0. The van der Waals surface area contributed by atoms with Crippen LogP contribution in [0, 0.1) is 0 Å². The van der Waals surface area contributed by atoms with Crippen LogP contribution in [-0.4, -0.2) is 21.6 Å². The van der Waals surface area contributed by atoms with E-state index in [0.717, 1.165) is 6.08 Å². The molecule has 0 fully saturated rings. The maximum atomic E-state index is 12.5. The number of benzene rings is 1. The zero-order valence-electron chi connectivity index (χ0n) is 11.5. The van der Waals surface area contributed by atoms with Gasteiger partial charge in [0.15, 0.2) is 0 Å². The molecule has 3 rings (SSSR count). The average molecular weight is 300 g/mol. The maximum Gasteiger partial charge on any atom is 0.340 e. The lowest BCUT2D eigenvalue weighted by Gasteiger charge is -2.14. The number of urea groups is 1. The van der Waals surface area contributed by atoms with Gasteiger partial charge in [0, 0.05) is 18.5 Å². The molecule has 3 amide bonds. The number of aromatic nitrogens is 1. The van der Waals surface area contributed by atoms with E-state index >= 15 is 0 Å². The van der Waals surface area contributed by atoms with Crippen molar-refractivity contribution in [1.82, 2.24) is 20.7 Å². The first-order valence-electron chi connectivity index (χ1n) is 6.39. The second-order valence-corrected chi connectivity index (χ2v) is 4.73. The Balaban J connectivity index is 2.30. The third-order valence-corrected chi connectivity index (χ3v) is 3.37. The van der Waals surface area contributed by atoms with Crippen molar-refractivity contribution in [1.29, 1.82) is 0 Å². The molecule has 8 heteroatoms. The lowest BCUT2D eigenvalue weighted by molar-refractivity contribution is -0.115. The van der Waals surface area contributed by atoms with E-state index in [1.54, 1.807) is 31.3 Å². The smallest absolute Gasteiger partial charge is 0.340 e. The van der Waals surface area contributed by atoms with Gasteiger partial charge in [-0.1, -0.05) is 12.1 Å². The van der Waals surface area contributed by atoms with Crippen molar-refractivity contribution in [3.63, 3.8) is 0 Å².